The van der Waals surface area contributed by atoms with E-state index in [0.717, 1.165) is 6.54 Å². The second kappa shape index (κ2) is 18.2. The second-order valence-corrected chi connectivity index (χ2v) is 12.8. The number of hydrogen-bond acceptors (Lipinski definition) is 2. The minimum Gasteiger partial charge on any atom is -0.446 e. The Morgan fingerprint density at radius 2 is 0.667 bits per heavy atom. The third kappa shape index (κ3) is 7.88. The van der Waals surface area contributed by atoms with Crippen LogP contribution in [0.2, 0.25) is 0 Å². The minimum atomic E-state index is -7.22. The van der Waals surface area contributed by atoms with Gasteiger partial charge in [0.15, 0.2) is 94.8 Å². The zero-order valence-corrected chi connectivity index (χ0v) is 30.6. The van der Waals surface area contributed by atoms with E-state index in [0.29, 0.717) is 5.56 Å². The Bertz CT molecular complexity index is 2410. The number of carbonyl (C=O) groups is 1. The van der Waals surface area contributed by atoms with Crippen LogP contribution < -0.4 is 26.4 Å². The predicted octanol–water partition coefficient (Wildman–Crippen LogP) is 8.22. The Labute approximate surface area is 342 Å². The van der Waals surface area contributed by atoms with Crippen LogP contribution in [0.4, 0.5) is 87.8 Å². The molecule has 1 aromatic heterocycles. The molecule has 0 unspecified atom stereocenters. The molecular weight excluding hydrogens is 929 g/mol. The average molecular weight is 942 g/mol. The summed E-state index contributed by atoms with van der Waals surface area (Å²) in [6.45, 7) is 0.770. The fraction of sp³-hybridized carbons (Fsp3) is 0.0526. The minimum absolute atomic E-state index is 0.127. The van der Waals surface area contributed by atoms with E-state index >= 15 is 35.1 Å². The topological polar surface area (TPSA) is 30.2 Å². The van der Waals surface area contributed by atoms with E-state index in [2.05, 4.69) is 12.1 Å². The van der Waals surface area contributed by atoms with Gasteiger partial charge in [-0.25, -0.2) is 97.2 Å². The van der Waals surface area contributed by atoms with Gasteiger partial charge >= 0.3 is 5.97 Å². The highest BCUT2D eigenvalue weighted by molar-refractivity contribution is 7.20. The largest absolute Gasteiger partial charge is 0.446 e. The Balaban J connectivity index is 0.000000345. The van der Waals surface area contributed by atoms with Crippen molar-refractivity contribution < 1.29 is 102 Å². The lowest BCUT2D eigenvalue weighted by molar-refractivity contribution is -0.688. The number of carbonyl (C=O) groups excluding carboxylic acids is 1. The third-order valence-electron chi connectivity index (χ3n) is 9.23. The molecule has 0 aliphatic carbocycles. The summed E-state index contributed by atoms with van der Waals surface area (Å²) in [5.74, 6) is -71.8. The summed E-state index contributed by atoms with van der Waals surface area (Å²) < 4.78 is 301. The molecule has 6 aromatic rings. The summed E-state index contributed by atoms with van der Waals surface area (Å²) in [4.78, 5) is 11.4. The van der Waals surface area contributed by atoms with Crippen LogP contribution in [0.1, 0.15) is 15.9 Å². The van der Waals surface area contributed by atoms with Crippen LogP contribution in [0.3, 0.4) is 0 Å². The van der Waals surface area contributed by atoms with Crippen molar-refractivity contribution in [1.29, 1.82) is 0 Å². The summed E-state index contributed by atoms with van der Waals surface area (Å²) in [7, 11) is 0. The highest BCUT2D eigenvalue weighted by Crippen LogP contribution is 2.30. The molecule has 0 bridgehead atoms. The number of ether oxygens (including phenoxy) is 1. The Morgan fingerprint density at radius 1 is 0.413 bits per heavy atom. The van der Waals surface area contributed by atoms with Gasteiger partial charge in [-0.05, 0) is 0 Å². The molecule has 63 heavy (non-hydrogen) atoms. The van der Waals surface area contributed by atoms with Crippen LogP contribution in [0.5, 0.6) is 0 Å². The molecule has 0 aliphatic rings. The van der Waals surface area contributed by atoms with Crippen LogP contribution in [0.25, 0.3) is 0 Å². The maximum atomic E-state index is 15.4. The molecule has 0 fully saturated rings. The van der Waals surface area contributed by atoms with E-state index in [1.807, 2.05) is 35.2 Å². The number of esters is 1. The molecule has 5 aromatic carbocycles. The Kier molecular flexibility index (Phi) is 13.8. The lowest BCUT2D eigenvalue weighted by Crippen LogP contribution is -2.81. The number of nitrogens with zero attached hydrogens (tertiary/aromatic N) is 1. The highest BCUT2D eigenvalue weighted by atomic mass is 35.5. The molecule has 1 heterocycles. The quantitative estimate of drug-likeness (QED) is 0.0293. The lowest BCUT2D eigenvalue weighted by Gasteiger charge is -2.44. The number of pyridine rings is 1. The molecule has 0 spiro atoms. The predicted molar refractivity (Wildman–Crippen MR) is 178 cm³/mol. The normalized spacial score (nSPS) is 11.4. The van der Waals surface area contributed by atoms with Crippen molar-refractivity contribution in [3.05, 3.63) is 182 Å². The first-order valence-electron chi connectivity index (χ1n) is 16.5. The number of aromatic nitrogens is 1. The molecule has 3 nitrogen and oxygen atoms in total. The van der Waals surface area contributed by atoms with Gasteiger partial charge < -0.3 is 4.74 Å². The molecule has 332 valence electrons. The zero-order valence-electron chi connectivity index (χ0n) is 29.9. The standard InChI is InChI=1S/C24BF20.C14H13ClNO2/c26-5-1(6(27)14(35)21(42)13(5)34)25(2-7(28)15(36)22(43)16(37)8(2)29,3-9(30)17(38)23(44)18(39)10(3)31)4-11(32)19(40)24(45)20(41)12(4)33;15-11-18-14(17)13-6-8-16(9-7-13)10-12-4-2-1-3-5-12/h;1-9H,10-11H2/q-1;+1. The summed E-state index contributed by atoms with van der Waals surface area (Å²) >= 11 is 5.34. The summed E-state index contributed by atoms with van der Waals surface area (Å²) in [5.41, 5.74) is -12.6. The van der Waals surface area contributed by atoms with E-state index in [1.165, 1.54) is 5.56 Å². The molecule has 0 amide bonds. The smallest absolute Gasteiger partial charge is 0.339 e. The average Bonchev–Trinajstić information content (AvgIpc) is 3.27. The van der Waals surface area contributed by atoms with Crippen molar-refractivity contribution in [2.24, 2.45) is 0 Å². The van der Waals surface area contributed by atoms with Gasteiger partial charge in [0.2, 0.25) is 0 Å². The third-order valence-corrected chi connectivity index (χ3v) is 9.34. The first kappa shape index (κ1) is 47.7. The van der Waals surface area contributed by atoms with Gasteiger partial charge in [-0.15, -0.1) is 21.9 Å². The summed E-state index contributed by atoms with van der Waals surface area (Å²) in [6, 6.07) is 13.4. The van der Waals surface area contributed by atoms with E-state index in [-0.39, 0.29) is 6.07 Å². The molecule has 0 N–H and O–H groups in total. The number of rotatable bonds is 8. The van der Waals surface area contributed by atoms with Crippen LogP contribution in [-0.4, -0.2) is 18.2 Å². The number of alkyl halides is 1. The van der Waals surface area contributed by atoms with Crippen LogP contribution in [0, 0.1) is 116 Å². The first-order valence-corrected chi connectivity index (χ1v) is 17.0. The fourth-order valence-corrected chi connectivity index (χ4v) is 6.60. The molecule has 25 heteroatoms. The van der Waals surface area contributed by atoms with Gasteiger partial charge in [0.1, 0.15) is 52.7 Å². The molecular formula is C38H13BClF20NO2. The number of hydrogen-bond donors (Lipinski definition) is 0. The van der Waals surface area contributed by atoms with Gasteiger partial charge in [0.25, 0.3) is 0 Å². The Hall–Kier alpha value is -6.33. The van der Waals surface area contributed by atoms with Gasteiger partial charge in [-0.2, -0.15) is 0 Å². The summed E-state index contributed by atoms with van der Waals surface area (Å²) in [6.07, 6.45) is -3.53. The SMILES string of the molecule is Fc1c(F)c(F)c([B-](c2c(F)c(F)c(F)c(F)c2F)(c2c(F)c(F)c(F)c(F)c2F)c2c(F)c(F)c(F)c(F)c2F)c(F)c1F.O=C(OCCl)c1cc[n+](Cc2ccccc2)cc1. The van der Waals surface area contributed by atoms with Crippen molar-refractivity contribution in [1.82, 2.24) is 0 Å². The lowest BCUT2D eigenvalue weighted by atomic mass is 9.12. The maximum Gasteiger partial charge on any atom is 0.339 e. The first-order chi connectivity index (χ1) is 29.5. The van der Waals surface area contributed by atoms with Crippen LogP contribution >= 0.6 is 11.6 Å². The van der Waals surface area contributed by atoms with Crippen molar-refractivity contribution in [3.63, 3.8) is 0 Å². The van der Waals surface area contributed by atoms with Gasteiger partial charge in [0.05, 0.1) is 5.56 Å². The zero-order chi connectivity index (χ0) is 47.2. The molecule has 0 radical (unpaired) electrons. The van der Waals surface area contributed by atoms with Crippen LogP contribution in [-0.2, 0) is 11.3 Å². The fourth-order valence-electron chi connectivity index (χ4n) is 6.50. The van der Waals surface area contributed by atoms with Crippen molar-refractivity contribution in [2.75, 3.05) is 6.07 Å². The van der Waals surface area contributed by atoms with Gasteiger partial charge in [-0.1, -0.05) is 41.9 Å². The van der Waals surface area contributed by atoms with E-state index in [9.17, 15) is 57.5 Å². The van der Waals surface area contributed by atoms with E-state index in [1.54, 1.807) is 12.1 Å². The van der Waals surface area contributed by atoms with E-state index < -0.39 is 150 Å². The monoisotopic (exact) mass is 941 g/mol. The highest BCUT2D eigenvalue weighted by Gasteiger charge is 2.52. The van der Waals surface area contributed by atoms with Gasteiger partial charge in [0, 0.05) is 17.7 Å². The van der Waals surface area contributed by atoms with Crippen molar-refractivity contribution >= 4 is 45.6 Å². The van der Waals surface area contributed by atoms with E-state index in [4.69, 9.17) is 16.3 Å². The van der Waals surface area contributed by atoms with Gasteiger partial charge in [-0.3, -0.25) is 0 Å². The molecule has 0 atom stereocenters. The maximum absolute atomic E-state index is 15.4. The second-order valence-electron chi connectivity index (χ2n) is 12.6. The number of halogens is 21. The molecule has 0 saturated heterocycles. The molecule has 0 saturated carbocycles. The molecule has 6 rings (SSSR count). The Morgan fingerprint density at radius 3 is 0.921 bits per heavy atom. The summed E-state index contributed by atoms with van der Waals surface area (Å²) in [5, 5.41) is 0. The van der Waals surface area contributed by atoms with Crippen molar-refractivity contribution in [3.8, 4) is 0 Å². The van der Waals surface area contributed by atoms with Crippen molar-refractivity contribution in [2.45, 2.75) is 6.54 Å². The number of benzene rings is 5. The van der Waals surface area contributed by atoms with Crippen LogP contribution in [0.15, 0.2) is 54.9 Å². The molecule has 0 aliphatic heterocycles.